The highest BCUT2D eigenvalue weighted by atomic mass is 35.5. The fourth-order valence-electron chi connectivity index (χ4n) is 4.29. The number of hydrogen-bond donors (Lipinski definition) is 1. The highest BCUT2D eigenvalue weighted by Crippen LogP contribution is 2.29. The lowest BCUT2D eigenvalue weighted by Crippen LogP contribution is -2.51. The predicted octanol–water partition coefficient (Wildman–Crippen LogP) is 4.47. The normalized spacial score (nSPS) is 15.6. The average Bonchev–Trinajstić information content (AvgIpc) is 2.87. The number of nitro groups is 1. The summed E-state index contributed by atoms with van der Waals surface area (Å²) in [5.74, 6) is 0.0231. The van der Waals surface area contributed by atoms with E-state index in [0.717, 1.165) is 41.3 Å². The molecule has 9 nitrogen and oxygen atoms in total. The first-order valence-corrected chi connectivity index (χ1v) is 13.6. The summed E-state index contributed by atoms with van der Waals surface area (Å²) < 4.78 is 33.8. The summed E-state index contributed by atoms with van der Waals surface area (Å²) in [6.07, 6.45) is 1.08. The molecule has 1 atom stereocenters. The highest BCUT2D eigenvalue weighted by Gasteiger charge is 2.34. The minimum atomic E-state index is -4.35. The van der Waals surface area contributed by atoms with Crippen molar-refractivity contribution in [1.29, 1.82) is 0 Å². The first kappa shape index (κ1) is 26.6. The van der Waals surface area contributed by atoms with Crippen molar-refractivity contribution in [2.75, 3.05) is 6.54 Å². The Bertz CT molecular complexity index is 1420. The maximum atomic E-state index is 13.2. The zero-order valence-corrected chi connectivity index (χ0v) is 21.7. The van der Waals surface area contributed by atoms with Gasteiger partial charge in [-0.15, -0.1) is 0 Å². The average molecular weight is 544 g/mol. The first-order chi connectivity index (χ1) is 17.7. The van der Waals surface area contributed by atoms with Gasteiger partial charge in [0.1, 0.15) is 17.4 Å². The number of ether oxygens (including phenoxy) is 1. The zero-order chi connectivity index (χ0) is 26.6. The number of fused-ring (bicyclic) bond motifs is 1. The number of nitrogens with zero attached hydrogens (tertiary/aromatic N) is 2. The van der Waals surface area contributed by atoms with Crippen molar-refractivity contribution in [2.24, 2.45) is 0 Å². The molecule has 194 valence electrons. The summed E-state index contributed by atoms with van der Waals surface area (Å²) in [4.78, 5) is 25.1. The Balaban J connectivity index is 1.51. The lowest BCUT2D eigenvalue weighted by molar-refractivity contribution is -0.384. The summed E-state index contributed by atoms with van der Waals surface area (Å²) in [6, 6.07) is 17.9. The number of nitrogens with one attached hydrogen (secondary N) is 1. The monoisotopic (exact) mass is 543 g/mol. The first-order valence-electron chi connectivity index (χ1n) is 11.7. The van der Waals surface area contributed by atoms with Gasteiger partial charge in [-0.3, -0.25) is 19.8 Å². The minimum absolute atomic E-state index is 0.194. The van der Waals surface area contributed by atoms with Gasteiger partial charge < -0.3 is 4.74 Å². The van der Waals surface area contributed by atoms with Crippen LogP contribution in [0.2, 0.25) is 5.02 Å². The van der Waals surface area contributed by atoms with E-state index in [2.05, 4.69) is 4.72 Å². The standard InChI is InChI=1S/C26H26ClN3O6S/c1-2-12-29-16-20-13-21(36-17-18-6-4-3-5-7-18)9-8-19(20)14-25(29)26(31)28-37(34,35)22-10-11-23(27)24(15-22)30(32)33/h3-11,13,15,25H,2,12,14,16-17H2,1H3,(H,28,31)/t25-/m0/s1. The molecule has 3 aromatic rings. The van der Waals surface area contributed by atoms with Crippen LogP contribution < -0.4 is 9.46 Å². The Morgan fingerprint density at radius 2 is 1.89 bits per heavy atom. The molecule has 1 heterocycles. The summed E-state index contributed by atoms with van der Waals surface area (Å²) >= 11 is 5.79. The molecule has 1 aliphatic rings. The second-order valence-corrected chi connectivity index (χ2v) is 10.8. The summed E-state index contributed by atoms with van der Waals surface area (Å²) in [7, 11) is -4.35. The molecule has 0 saturated carbocycles. The number of benzene rings is 3. The topological polar surface area (TPSA) is 119 Å². The number of halogens is 1. The molecular formula is C26H26ClN3O6S. The van der Waals surface area contributed by atoms with Crippen molar-refractivity contribution in [3.63, 3.8) is 0 Å². The Labute approximate surface area is 220 Å². The van der Waals surface area contributed by atoms with Gasteiger partial charge in [0.15, 0.2) is 0 Å². The molecule has 11 heteroatoms. The third-order valence-corrected chi connectivity index (χ3v) is 7.79. The van der Waals surface area contributed by atoms with Gasteiger partial charge in [0, 0.05) is 12.6 Å². The zero-order valence-electron chi connectivity index (χ0n) is 20.1. The second-order valence-electron chi connectivity index (χ2n) is 8.74. The molecule has 1 N–H and O–H groups in total. The van der Waals surface area contributed by atoms with Crippen LogP contribution >= 0.6 is 11.6 Å². The highest BCUT2D eigenvalue weighted by molar-refractivity contribution is 7.90. The predicted molar refractivity (Wildman–Crippen MR) is 139 cm³/mol. The molecule has 3 aromatic carbocycles. The number of sulfonamides is 1. The van der Waals surface area contributed by atoms with Crippen LogP contribution in [0.15, 0.2) is 71.6 Å². The van der Waals surface area contributed by atoms with Crippen LogP contribution in [0.3, 0.4) is 0 Å². The molecular weight excluding hydrogens is 518 g/mol. The third kappa shape index (κ3) is 6.27. The minimum Gasteiger partial charge on any atom is -0.489 e. The van der Waals surface area contributed by atoms with Gasteiger partial charge in [-0.2, -0.15) is 0 Å². The van der Waals surface area contributed by atoms with E-state index in [1.165, 1.54) is 0 Å². The molecule has 0 aromatic heterocycles. The number of rotatable bonds is 9. The van der Waals surface area contributed by atoms with Crippen LogP contribution in [0.5, 0.6) is 5.75 Å². The molecule has 0 unspecified atom stereocenters. The largest absolute Gasteiger partial charge is 0.489 e. The van der Waals surface area contributed by atoms with Gasteiger partial charge in [-0.25, -0.2) is 13.1 Å². The number of amides is 1. The van der Waals surface area contributed by atoms with E-state index in [4.69, 9.17) is 16.3 Å². The van der Waals surface area contributed by atoms with Gasteiger partial charge in [-0.05, 0) is 60.3 Å². The van der Waals surface area contributed by atoms with Crippen molar-refractivity contribution in [3.05, 3.63) is 98.6 Å². The maximum Gasteiger partial charge on any atom is 0.289 e. The molecule has 0 aliphatic carbocycles. The SMILES string of the molecule is CCCN1Cc2cc(OCc3ccccc3)ccc2C[C@H]1C(=O)NS(=O)(=O)c1ccc(Cl)c([N+](=O)[O-])c1. The lowest BCUT2D eigenvalue weighted by Gasteiger charge is -2.35. The van der Waals surface area contributed by atoms with Gasteiger partial charge in [0.2, 0.25) is 0 Å². The van der Waals surface area contributed by atoms with Crippen molar-refractivity contribution >= 4 is 33.2 Å². The van der Waals surface area contributed by atoms with Gasteiger partial charge in [-0.1, -0.05) is 54.9 Å². The Kier molecular flexibility index (Phi) is 8.11. The number of nitro benzene ring substituents is 1. The van der Waals surface area contributed by atoms with Gasteiger partial charge in [0.25, 0.3) is 21.6 Å². The van der Waals surface area contributed by atoms with E-state index < -0.39 is 37.5 Å². The fourth-order valence-corrected chi connectivity index (χ4v) is 5.50. The molecule has 1 amide bonds. The molecule has 4 rings (SSSR count). The molecule has 0 saturated heterocycles. The Hall–Kier alpha value is -3.47. The Morgan fingerprint density at radius 1 is 1.14 bits per heavy atom. The number of carbonyl (C=O) groups is 1. The molecule has 1 aliphatic heterocycles. The number of carbonyl (C=O) groups excluding carboxylic acids is 1. The van der Waals surface area contributed by atoms with Crippen molar-refractivity contribution in [2.45, 2.75) is 43.9 Å². The maximum absolute atomic E-state index is 13.2. The van der Waals surface area contributed by atoms with Crippen molar-refractivity contribution in [1.82, 2.24) is 9.62 Å². The van der Waals surface area contributed by atoms with E-state index in [1.807, 2.05) is 60.4 Å². The fraction of sp³-hybridized carbons (Fsp3) is 0.269. The van der Waals surface area contributed by atoms with Crippen LogP contribution in [-0.2, 0) is 34.4 Å². The smallest absolute Gasteiger partial charge is 0.289 e. The number of hydrogen-bond acceptors (Lipinski definition) is 7. The molecule has 0 bridgehead atoms. The third-order valence-electron chi connectivity index (χ3n) is 6.13. The molecule has 0 spiro atoms. The van der Waals surface area contributed by atoms with Crippen LogP contribution in [0.1, 0.15) is 30.0 Å². The van der Waals surface area contributed by atoms with Gasteiger partial charge >= 0.3 is 0 Å². The molecule has 0 fully saturated rings. The molecule has 0 radical (unpaired) electrons. The van der Waals surface area contributed by atoms with E-state index in [-0.39, 0.29) is 5.02 Å². The summed E-state index contributed by atoms with van der Waals surface area (Å²) in [6.45, 7) is 3.45. The van der Waals surface area contributed by atoms with E-state index in [9.17, 15) is 23.3 Å². The van der Waals surface area contributed by atoms with Gasteiger partial charge in [0.05, 0.1) is 15.9 Å². The van der Waals surface area contributed by atoms with E-state index >= 15 is 0 Å². The van der Waals surface area contributed by atoms with Crippen molar-refractivity contribution in [3.8, 4) is 5.75 Å². The van der Waals surface area contributed by atoms with E-state index in [1.54, 1.807) is 0 Å². The van der Waals surface area contributed by atoms with Crippen LogP contribution in [0.25, 0.3) is 0 Å². The second kappa shape index (κ2) is 11.3. The molecule has 37 heavy (non-hydrogen) atoms. The summed E-state index contributed by atoms with van der Waals surface area (Å²) in [5.41, 5.74) is 2.44. The lowest BCUT2D eigenvalue weighted by atomic mass is 9.93. The van der Waals surface area contributed by atoms with E-state index in [0.29, 0.717) is 31.9 Å². The van der Waals surface area contributed by atoms with Crippen LogP contribution in [0, 0.1) is 10.1 Å². The van der Waals surface area contributed by atoms with Crippen LogP contribution in [-0.4, -0.2) is 36.7 Å². The summed E-state index contributed by atoms with van der Waals surface area (Å²) in [5, 5.41) is 11.0. The Morgan fingerprint density at radius 3 is 2.59 bits per heavy atom. The van der Waals surface area contributed by atoms with Crippen molar-refractivity contribution < 1.29 is 22.9 Å². The quantitative estimate of drug-likeness (QED) is 0.312. The van der Waals surface area contributed by atoms with Crippen LogP contribution in [0.4, 0.5) is 5.69 Å².